The lowest BCUT2D eigenvalue weighted by atomic mass is 9.29. The van der Waals surface area contributed by atoms with Crippen LogP contribution in [0.4, 0.5) is 0 Å². The van der Waals surface area contributed by atoms with E-state index in [4.69, 9.17) is 0 Å². The SMILES string of the molecule is C[C@@H]1[C@H]2[C@H]3CC[C@@H]4[C@]5(C)[C@@H](CC[C@@]4(C)[C@]3(C)CC[C@@]2(C)CC[C@H]1C)C(C)(C)C(=NO)CC5(O)C(=O)O. The lowest BCUT2D eigenvalue weighted by Gasteiger charge is -2.75. The summed E-state index contributed by atoms with van der Waals surface area (Å²) in [5, 5.41) is 36.0. The van der Waals surface area contributed by atoms with Crippen molar-refractivity contribution in [3.05, 3.63) is 0 Å². The lowest BCUT2D eigenvalue weighted by Crippen LogP contribution is -2.74. The number of carboxylic acids is 1. The molecule has 0 saturated heterocycles. The summed E-state index contributed by atoms with van der Waals surface area (Å²) in [7, 11) is 0. The number of rotatable bonds is 1. The molecule has 5 rings (SSSR count). The van der Waals surface area contributed by atoms with E-state index in [2.05, 4.69) is 60.5 Å². The van der Waals surface area contributed by atoms with Gasteiger partial charge in [0.25, 0.3) is 0 Å². The van der Waals surface area contributed by atoms with Crippen molar-refractivity contribution in [2.45, 2.75) is 119 Å². The molecular weight excluding hydrogens is 450 g/mol. The van der Waals surface area contributed by atoms with Gasteiger partial charge in [-0.15, -0.1) is 0 Å². The monoisotopic (exact) mass is 501 g/mol. The molecule has 0 spiro atoms. The van der Waals surface area contributed by atoms with E-state index in [0.29, 0.717) is 23.0 Å². The number of hydrogen-bond donors (Lipinski definition) is 3. The van der Waals surface area contributed by atoms with Crippen LogP contribution in [0.1, 0.15) is 113 Å². The van der Waals surface area contributed by atoms with Gasteiger partial charge in [0.05, 0.1) is 5.71 Å². The zero-order chi connectivity index (χ0) is 26.7. The van der Waals surface area contributed by atoms with Gasteiger partial charge in [0, 0.05) is 17.3 Å². The van der Waals surface area contributed by atoms with Crippen LogP contribution in [0, 0.1) is 62.6 Å². The van der Waals surface area contributed by atoms with E-state index < -0.39 is 22.4 Å². The minimum absolute atomic E-state index is 0.0315. The van der Waals surface area contributed by atoms with Gasteiger partial charge in [-0.25, -0.2) is 4.79 Å². The first-order valence-corrected chi connectivity index (χ1v) is 14.7. The van der Waals surface area contributed by atoms with Crippen LogP contribution in [0.15, 0.2) is 5.16 Å². The summed E-state index contributed by atoms with van der Waals surface area (Å²) in [6, 6.07) is 0. The molecule has 0 aromatic heterocycles. The molecule has 0 radical (unpaired) electrons. The van der Waals surface area contributed by atoms with Crippen LogP contribution in [0.5, 0.6) is 0 Å². The second-order valence-electron chi connectivity index (χ2n) is 15.6. The van der Waals surface area contributed by atoms with Crippen LogP contribution in [0.2, 0.25) is 0 Å². The van der Waals surface area contributed by atoms with Crippen molar-refractivity contribution in [1.29, 1.82) is 0 Å². The first-order valence-electron chi connectivity index (χ1n) is 14.7. The minimum Gasteiger partial charge on any atom is -0.479 e. The summed E-state index contributed by atoms with van der Waals surface area (Å²) >= 11 is 0. The van der Waals surface area contributed by atoms with E-state index in [1.807, 2.05) is 0 Å². The molecule has 36 heavy (non-hydrogen) atoms. The van der Waals surface area contributed by atoms with Crippen molar-refractivity contribution >= 4 is 11.7 Å². The Morgan fingerprint density at radius 2 is 1.53 bits per heavy atom. The number of fused-ring (bicyclic) bond motifs is 7. The highest BCUT2D eigenvalue weighted by Crippen LogP contribution is 2.77. The maximum absolute atomic E-state index is 12.9. The smallest absolute Gasteiger partial charge is 0.336 e. The van der Waals surface area contributed by atoms with E-state index in [-0.39, 0.29) is 29.1 Å². The van der Waals surface area contributed by atoms with Gasteiger partial charge in [0.2, 0.25) is 0 Å². The fourth-order valence-corrected chi connectivity index (χ4v) is 11.9. The van der Waals surface area contributed by atoms with E-state index in [1.165, 1.54) is 25.7 Å². The molecule has 0 bridgehead atoms. The maximum Gasteiger partial charge on any atom is 0.336 e. The normalized spacial score (nSPS) is 57.2. The zero-order valence-electron chi connectivity index (χ0n) is 24.0. The van der Waals surface area contributed by atoms with Gasteiger partial charge in [0.1, 0.15) is 0 Å². The predicted octanol–water partition coefficient (Wildman–Crippen LogP) is 7.00. The molecule has 5 nitrogen and oxygen atoms in total. The molecule has 5 fully saturated rings. The molecule has 5 saturated carbocycles. The molecule has 5 aliphatic rings. The van der Waals surface area contributed by atoms with E-state index >= 15 is 0 Å². The van der Waals surface area contributed by atoms with Gasteiger partial charge in [0.15, 0.2) is 5.60 Å². The lowest BCUT2D eigenvalue weighted by molar-refractivity contribution is -0.277. The first kappa shape index (κ1) is 26.5. The number of aliphatic hydroxyl groups is 1. The molecule has 0 amide bonds. The van der Waals surface area contributed by atoms with Crippen molar-refractivity contribution in [2.24, 2.45) is 67.7 Å². The number of carbonyl (C=O) groups is 1. The highest BCUT2D eigenvalue weighted by Gasteiger charge is 2.76. The van der Waals surface area contributed by atoms with Crippen LogP contribution < -0.4 is 0 Å². The van der Waals surface area contributed by atoms with Crippen LogP contribution in [0.3, 0.4) is 0 Å². The molecule has 5 aliphatic carbocycles. The van der Waals surface area contributed by atoms with Crippen LogP contribution in [0.25, 0.3) is 0 Å². The Balaban J connectivity index is 1.63. The third-order valence-corrected chi connectivity index (χ3v) is 14.6. The van der Waals surface area contributed by atoms with Crippen molar-refractivity contribution in [1.82, 2.24) is 0 Å². The zero-order valence-corrected chi connectivity index (χ0v) is 24.0. The van der Waals surface area contributed by atoms with Gasteiger partial charge in [-0.1, -0.05) is 60.5 Å². The fraction of sp³-hybridized carbons (Fsp3) is 0.935. The summed E-state index contributed by atoms with van der Waals surface area (Å²) in [6.45, 7) is 18.8. The van der Waals surface area contributed by atoms with E-state index in [9.17, 15) is 20.2 Å². The van der Waals surface area contributed by atoms with Gasteiger partial charge >= 0.3 is 5.97 Å². The molecule has 0 heterocycles. The van der Waals surface area contributed by atoms with Crippen molar-refractivity contribution in [2.75, 3.05) is 0 Å². The van der Waals surface area contributed by atoms with Crippen molar-refractivity contribution in [3.63, 3.8) is 0 Å². The van der Waals surface area contributed by atoms with Crippen LogP contribution in [-0.2, 0) is 4.79 Å². The fourth-order valence-electron chi connectivity index (χ4n) is 11.9. The number of hydrogen-bond acceptors (Lipinski definition) is 4. The van der Waals surface area contributed by atoms with Gasteiger partial charge in [-0.3, -0.25) is 0 Å². The average Bonchev–Trinajstić information content (AvgIpc) is 2.80. The quantitative estimate of drug-likeness (QED) is 0.266. The Morgan fingerprint density at radius 3 is 2.14 bits per heavy atom. The summed E-state index contributed by atoms with van der Waals surface area (Å²) in [4.78, 5) is 12.9. The Kier molecular flexibility index (Phi) is 5.69. The molecule has 0 aliphatic heterocycles. The van der Waals surface area contributed by atoms with Crippen LogP contribution >= 0.6 is 0 Å². The Hall–Kier alpha value is -1.10. The number of nitrogens with zero attached hydrogens (tertiary/aromatic N) is 1. The van der Waals surface area contributed by atoms with Crippen molar-refractivity contribution < 1.29 is 20.2 Å². The Bertz CT molecular complexity index is 976. The van der Waals surface area contributed by atoms with Gasteiger partial charge < -0.3 is 15.4 Å². The standard InChI is InChI=1S/C31H51NO4/c1-18-11-13-27(5)15-16-28(6)20(24(27)19(18)2)9-10-22-29(28,7)14-12-21-26(3,4)23(32-36)17-31(35,25(33)34)30(21,22)8/h18-22,24,35-36H,9-17H2,1-8H3,(H,33,34)/t18-,19+,20-,21+,22+,24+,27-,28-,29-,30+,31?/m1/s1. The summed E-state index contributed by atoms with van der Waals surface area (Å²) < 4.78 is 0. The molecule has 3 N–H and O–H groups in total. The number of oxime groups is 1. The molecule has 11 atom stereocenters. The Morgan fingerprint density at radius 1 is 0.861 bits per heavy atom. The molecule has 1 unspecified atom stereocenters. The first-order chi connectivity index (χ1) is 16.5. The third-order valence-electron chi connectivity index (χ3n) is 14.6. The summed E-state index contributed by atoms with van der Waals surface area (Å²) in [6.07, 6.45) is 9.08. The van der Waals surface area contributed by atoms with Gasteiger partial charge in [-0.2, -0.15) is 0 Å². The number of aliphatic carboxylic acids is 1. The molecule has 0 aromatic carbocycles. The van der Waals surface area contributed by atoms with Gasteiger partial charge in [-0.05, 0) is 103 Å². The highest BCUT2D eigenvalue weighted by molar-refractivity contribution is 5.97. The molecule has 0 aromatic rings. The van der Waals surface area contributed by atoms with E-state index in [1.54, 1.807) is 0 Å². The van der Waals surface area contributed by atoms with Crippen molar-refractivity contribution in [3.8, 4) is 0 Å². The molecule has 204 valence electrons. The molecular formula is C31H51NO4. The second-order valence-corrected chi connectivity index (χ2v) is 15.6. The summed E-state index contributed by atoms with van der Waals surface area (Å²) in [5.41, 5.74) is -2.23. The highest BCUT2D eigenvalue weighted by atomic mass is 16.4. The second kappa shape index (κ2) is 7.73. The topological polar surface area (TPSA) is 90.1 Å². The maximum atomic E-state index is 12.9. The predicted molar refractivity (Wildman–Crippen MR) is 142 cm³/mol. The average molecular weight is 502 g/mol. The molecule has 5 heteroatoms. The summed E-state index contributed by atoms with van der Waals surface area (Å²) in [5.74, 6) is 1.76. The largest absolute Gasteiger partial charge is 0.479 e. The number of carboxylic acid groups (broad SMARTS) is 1. The van der Waals surface area contributed by atoms with Crippen LogP contribution in [-0.4, -0.2) is 32.7 Å². The third kappa shape index (κ3) is 2.88. The Labute approximate surface area is 218 Å². The minimum atomic E-state index is -1.93. The van der Waals surface area contributed by atoms with E-state index in [0.717, 1.165) is 37.5 Å².